The van der Waals surface area contributed by atoms with Gasteiger partial charge in [0.2, 0.25) is 0 Å². The Morgan fingerprint density at radius 1 is 1.28 bits per heavy atom. The summed E-state index contributed by atoms with van der Waals surface area (Å²) >= 11 is 5.75. The lowest BCUT2D eigenvalue weighted by atomic mass is 10.1. The number of nitrogens with zero attached hydrogens (tertiary/aromatic N) is 2. The van der Waals surface area contributed by atoms with E-state index in [4.69, 9.17) is 21.7 Å². The van der Waals surface area contributed by atoms with Crippen molar-refractivity contribution in [3.8, 4) is 0 Å². The van der Waals surface area contributed by atoms with Crippen molar-refractivity contribution in [2.75, 3.05) is 52.5 Å². The number of fused-ring (bicyclic) bond motifs is 1. The number of thiocarbonyl (C=S) groups is 1. The van der Waals surface area contributed by atoms with Gasteiger partial charge in [0, 0.05) is 43.9 Å². The maximum atomic E-state index is 12.8. The molecule has 1 atom stereocenters. The Kier molecular flexibility index (Phi) is 8.13. The zero-order valence-corrected chi connectivity index (χ0v) is 19.7. The first-order chi connectivity index (χ1) is 15.6. The third-order valence-electron chi connectivity index (χ3n) is 6.20. The minimum Gasteiger partial charge on any atom is -0.379 e. The molecular formula is C24H34N4O3S. The SMILES string of the molecule is Cc1ccc2[nH]c(=O)c(CN(CC3CCCO3)C(=S)NCCCN3CCOCC3)cc2c1. The summed E-state index contributed by atoms with van der Waals surface area (Å²) < 4.78 is 11.3. The van der Waals surface area contributed by atoms with Gasteiger partial charge in [0.1, 0.15) is 0 Å². The number of benzene rings is 1. The van der Waals surface area contributed by atoms with Crippen molar-refractivity contribution < 1.29 is 9.47 Å². The standard InChI is InChI=1S/C24H34N4O3S/c1-18-5-6-22-19(14-18)15-20(23(29)26-22)16-28(17-21-4-2-11-31-21)24(32)25-7-3-8-27-9-12-30-13-10-27/h5-6,14-15,21H,2-4,7-13,16-17H2,1H3,(H,25,32)(H,26,29). The summed E-state index contributed by atoms with van der Waals surface area (Å²) in [6.07, 6.45) is 3.28. The fraction of sp³-hybridized carbons (Fsp3) is 0.583. The van der Waals surface area contributed by atoms with Crippen LogP contribution in [0.1, 0.15) is 30.4 Å². The van der Waals surface area contributed by atoms with Crippen LogP contribution in [0.25, 0.3) is 10.9 Å². The number of rotatable bonds is 8. The maximum absolute atomic E-state index is 12.8. The fourth-order valence-corrected chi connectivity index (χ4v) is 4.62. The molecule has 4 rings (SSSR count). The van der Waals surface area contributed by atoms with Crippen LogP contribution in [-0.4, -0.2) is 78.5 Å². The molecule has 174 valence electrons. The second-order valence-corrected chi connectivity index (χ2v) is 9.16. The average Bonchev–Trinajstić information content (AvgIpc) is 3.31. The second-order valence-electron chi connectivity index (χ2n) is 8.77. The molecule has 0 saturated carbocycles. The molecule has 1 unspecified atom stereocenters. The highest BCUT2D eigenvalue weighted by molar-refractivity contribution is 7.80. The number of pyridine rings is 1. The molecule has 2 aliphatic rings. The summed E-state index contributed by atoms with van der Waals surface area (Å²) in [5, 5.41) is 5.14. The monoisotopic (exact) mass is 458 g/mol. The highest BCUT2D eigenvalue weighted by Gasteiger charge is 2.22. The van der Waals surface area contributed by atoms with Gasteiger partial charge in [-0.25, -0.2) is 0 Å². The molecule has 2 aliphatic heterocycles. The van der Waals surface area contributed by atoms with E-state index in [2.05, 4.69) is 33.1 Å². The lowest BCUT2D eigenvalue weighted by Crippen LogP contribution is -2.45. The van der Waals surface area contributed by atoms with E-state index in [0.29, 0.717) is 18.2 Å². The van der Waals surface area contributed by atoms with Crippen molar-refractivity contribution in [2.24, 2.45) is 0 Å². The quantitative estimate of drug-likeness (QED) is 0.465. The molecular weight excluding hydrogens is 424 g/mol. The molecule has 8 heteroatoms. The van der Waals surface area contributed by atoms with Crippen molar-refractivity contribution in [1.29, 1.82) is 0 Å². The largest absolute Gasteiger partial charge is 0.379 e. The second kappa shape index (κ2) is 11.2. The van der Waals surface area contributed by atoms with Crippen LogP contribution in [0.3, 0.4) is 0 Å². The average molecular weight is 459 g/mol. The molecule has 0 radical (unpaired) electrons. The number of hydrogen-bond acceptors (Lipinski definition) is 5. The van der Waals surface area contributed by atoms with Crippen molar-refractivity contribution in [2.45, 2.75) is 38.8 Å². The Hall–Kier alpha value is -2.00. The smallest absolute Gasteiger partial charge is 0.253 e. The zero-order chi connectivity index (χ0) is 22.3. The van der Waals surface area contributed by atoms with Crippen molar-refractivity contribution in [3.05, 3.63) is 45.7 Å². The van der Waals surface area contributed by atoms with E-state index in [1.807, 2.05) is 18.2 Å². The fourth-order valence-electron chi connectivity index (χ4n) is 4.38. The predicted molar refractivity (Wildman–Crippen MR) is 131 cm³/mol. The molecule has 0 spiro atoms. The van der Waals surface area contributed by atoms with Gasteiger partial charge in [0.15, 0.2) is 5.11 Å². The summed E-state index contributed by atoms with van der Waals surface area (Å²) in [7, 11) is 0. The van der Waals surface area contributed by atoms with Crippen molar-refractivity contribution in [3.63, 3.8) is 0 Å². The number of morpholine rings is 1. The van der Waals surface area contributed by atoms with Gasteiger partial charge in [-0.15, -0.1) is 0 Å². The zero-order valence-electron chi connectivity index (χ0n) is 18.9. The van der Waals surface area contributed by atoms with Gasteiger partial charge in [0.05, 0.1) is 25.9 Å². The lowest BCUT2D eigenvalue weighted by molar-refractivity contribution is 0.0375. The summed E-state index contributed by atoms with van der Waals surface area (Å²) in [6, 6.07) is 8.06. The Bertz CT molecular complexity index is 967. The summed E-state index contributed by atoms with van der Waals surface area (Å²) in [5.41, 5.74) is 2.69. The van der Waals surface area contributed by atoms with E-state index in [9.17, 15) is 4.79 Å². The molecule has 2 N–H and O–H groups in total. The van der Waals surface area contributed by atoms with Gasteiger partial charge in [-0.3, -0.25) is 9.69 Å². The van der Waals surface area contributed by atoms with Gasteiger partial charge in [-0.05, 0) is 68.5 Å². The molecule has 3 heterocycles. The van der Waals surface area contributed by atoms with Gasteiger partial charge in [-0.1, -0.05) is 11.6 Å². The van der Waals surface area contributed by atoms with Crippen molar-refractivity contribution >= 4 is 28.2 Å². The summed E-state index contributed by atoms with van der Waals surface area (Å²) in [4.78, 5) is 20.3. The number of ether oxygens (including phenoxy) is 2. The van der Waals surface area contributed by atoms with Crippen LogP contribution in [0.4, 0.5) is 0 Å². The first kappa shape index (κ1) is 23.2. The molecule has 0 amide bonds. The Labute approximate surface area is 195 Å². The van der Waals surface area contributed by atoms with Gasteiger partial charge in [-0.2, -0.15) is 0 Å². The third-order valence-corrected chi connectivity index (χ3v) is 6.61. The normalized spacial score (nSPS) is 19.3. The van der Waals surface area contributed by atoms with E-state index in [1.54, 1.807) is 0 Å². The molecule has 2 aromatic rings. The number of aryl methyl sites for hydroxylation is 1. The van der Waals surface area contributed by atoms with E-state index in [1.165, 1.54) is 5.56 Å². The summed E-state index contributed by atoms with van der Waals surface area (Å²) in [6.45, 7) is 9.51. The maximum Gasteiger partial charge on any atom is 0.253 e. The van der Waals surface area contributed by atoms with Crippen LogP contribution in [-0.2, 0) is 16.0 Å². The van der Waals surface area contributed by atoms with Gasteiger partial charge in [0.25, 0.3) is 5.56 Å². The third kappa shape index (κ3) is 6.28. The van der Waals surface area contributed by atoms with Crippen LogP contribution in [0.2, 0.25) is 0 Å². The first-order valence-corrected chi connectivity index (χ1v) is 12.1. The van der Waals surface area contributed by atoms with Crippen LogP contribution >= 0.6 is 12.2 Å². The van der Waals surface area contributed by atoms with Crippen LogP contribution in [0.15, 0.2) is 29.1 Å². The van der Waals surface area contributed by atoms with Crippen molar-refractivity contribution in [1.82, 2.24) is 20.1 Å². The van der Waals surface area contributed by atoms with E-state index in [0.717, 1.165) is 81.7 Å². The number of H-pyrrole nitrogens is 1. The molecule has 1 aromatic heterocycles. The topological polar surface area (TPSA) is 69.8 Å². The number of nitrogens with one attached hydrogen (secondary N) is 2. The summed E-state index contributed by atoms with van der Waals surface area (Å²) in [5.74, 6) is 0. The highest BCUT2D eigenvalue weighted by atomic mass is 32.1. The van der Waals surface area contributed by atoms with Gasteiger partial charge >= 0.3 is 0 Å². The molecule has 0 bridgehead atoms. The Morgan fingerprint density at radius 3 is 2.91 bits per heavy atom. The molecule has 32 heavy (non-hydrogen) atoms. The van der Waals surface area contributed by atoms with Crippen LogP contribution in [0, 0.1) is 6.92 Å². The Morgan fingerprint density at radius 2 is 2.12 bits per heavy atom. The Balaban J connectivity index is 1.40. The van der Waals surface area contributed by atoms with E-state index in [-0.39, 0.29) is 11.7 Å². The minimum atomic E-state index is -0.0613. The molecule has 0 aliphatic carbocycles. The number of hydrogen-bond donors (Lipinski definition) is 2. The highest BCUT2D eigenvalue weighted by Crippen LogP contribution is 2.17. The van der Waals surface area contributed by atoms with Crippen LogP contribution < -0.4 is 10.9 Å². The molecule has 2 saturated heterocycles. The molecule has 7 nitrogen and oxygen atoms in total. The first-order valence-electron chi connectivity index (χ1n) is 11.7. The van der Waals surface area contributed by atoms with Gasteiger partial charge < -0.3 is 24.7 Å². The number of aromatic amines is 1. The number of aromatic nitrogens is 1. The lowest BCUT2D eigenvalue weighted by Gasteiger charge is -2.29. The predicted octanol–water partition coefficient (Wildman–Crippen LogP) is 2.41. The molecule has 2 fully saturated rings. The van der Waals surface area contributed by atoms with E-state index >= 15 is 0 Å². The van der Waals surface area contributed by atoms with E-state index < -0.39 is 0 Å². The van der Waals surface area contributed by atoms with Crippen LogP contribution in [0.5, 0.6) is 0 Å². The molecule has 1 aromatic carbocycles. The minimum absolute atomic E-state index is 0.0613.